The van der Waals surface area contributed by atoms with Crippen molar-refractivity contribution in [2.45, 2.75) is 6.92 Å². The van der Waals surface area contributed by atoms with Gasteiger partial charge in [-0.3, -0.25) is 14.9 Å². The number of nitrogens with zero attached hydrogens (tertiary/aromatic N) is 2. The maximum absolute atomic E-state index is 12.9. The summed E-state index contributed by atoms with van der Waals surface area (Å²) in [5.41, 5.74) is 3.42. The Balaban J connectivity index is 1.35. The minimum absolute atomic E-state index is 0.0491. The maximum atomic E-state index is 12.9. The Morgan fingerprint density at radius 3 is 2.28 bits per heavy atom. The molecule has 3 aromatic rings. The standard InChI is InChI=1S/C26H23Cl3N4O2S/c1-16-4-2-3-5-19(16)25(35)33-12-10-32(11-13-33)23-9-7-18(15-22(23)29)30-26(36)31-24(34)20-14-17(27)6-8-21(20)28/h2-9,14-15H,10-13H2,1H3,(H2,30,31,34,36). The Bertz CT molecular complexity index is 1330. The Hall–Kier alpha value is -2.84. The highest BCUT2D eigenvalue weighted by atomic mass is 35.5. The van der Waals surface area contributed by atoms with Crippen molar-refractivity contribution in [3.05, 3.63) is 92.4 Å². The summed E-state index contributed by atoms with van der Waals surface area (Å²) < 4.78 is 0. The second kappa shape index (κ2) is 11.5. The van der Waals surface area contributed by atoms with Crippen LogP contribution in [0.5, 0.6) is 0 Å². The molecule has 36 heavy (non-hydrogen) atoms. The fraction of sp³-hybridized carbons (Fsp3) is 0.192. The van der Waals surface area contributed by atoms with Gasteiger partial charge >= 0.3 is 0 Å². The van der Waals surface area contributed by atoms with Gasteiger partial charge in [0.25, 0.3) is 11.8 Å². The van der Waals surface area contributed by atoms with Crippen molar-refractivity contribution < 1.29 is 9.59 Å². The van der Waals surface area contributed by atoms with Crippen molar-refractivity contribution in [3.63, 3.8) is 0 Å². The van der Waals surface area contributed by atoms with Gasteiger partial charge in [0, 0.05) is 42.5 Å². The van der Waals surface area contributed by atoms with E-state index in [1.54, 1.807) is 18.2 Å². The summed E-state index contributed by atoms with van der Waals surface area (Å²) >= 11 is 23.9. The molecule has 1 heterocycles. The normalized spacial score (nSPS) is 13.3. The Morgan fingerprint density at radius 2 is 1.58 bits per heavy atom. The number of halogens is 3. The molecule has 186 valence electrons. The van der Waals surface area contributed by atoms with Gasteiger partial charge in [-0.1, -0.05) is 53.0 Å². The number of nitrogens with one attached hydrogen (secondary N) is 2. The first-order valence-electron chi connectivity index (χ1n) is 11.2. The van der Waals surface area contributed by atoms with Crippen molar-refractivity contribution in [1.29, 1.82) is 0 Å². The van der Waals surface area contributed by atoms with Crippen LogP contribution in [0.2, 0.25) is 15.1 Å². The highest BCUT2D eigenvalue weighted by Crippen LogP contribution is 2.30. The zero-order valence-electron chi connectivity index (χ0n) is 19.4. The van der Waals surface area contributed by atoms with Gasteiger partial charge in [0.15, 0.2) is 5.11 Å². The van der Waals surface area contributed by atoms with E-state index < -0.39 is 5.91 Å². The molecule has 1 fully saturated rings. The molecule has 0 bridgehead atoms. The molecule has 1 saturated heterocycles. The number of carbonyl (C=O) groups excluding carboxylic acids is 2. The van der Waals surface area contributed by atoms with Crippen LogP contribution in [0.3, 0.4) is 0 Å². The van der Waals surface area contributed by atoms with Crippen LogP contribution in [0.25, 0.3) is 0 Å². The van der Waals surface area contributed by atoms with Crippen LogP contribution in [0.1, 0.15) is 26.3 Å². The first-order chi connectivity index (χ1) is 17.2. The SMILES string of the molecule is Cc1ccccc1C(=O)N1CCN(c2ccc(NC(=S)NC(=O)c3cc(Cl)ccc3Cl)cc2Cl)CC1. The van der Waals surface area contributed by atoms with Crippen LogP contribution in [-0.4, -0.2) is 48.0 Å². The van der Waals surface area contributed by atoms with Crippen molar-refractivity contribution in [1.82, 2.24) is 10.2 Å². The van der Waals surface area contributed by atoms with Crippen LogP contribution in [0, 0.1) is 6.92 Å². The lowest BCUT2D eigenvalue weighted by molar-refractivity contribution is 0.0746. The monoisotopic (exact) mass is 560 g/mol. The number of benzene rings is 3. The van der Waals surface area contributed by atoms with Crippen molar-refractivity contribution >= 4 is 75.3 Å². The van der Waals surface area contributed by atoms with E-state index in [0.29, 0.717) is 41.9 Å². The summed E-state index contributed by atoms with van der Waals surface area (Å²) in [7, 11) is 0. The van der Waals surface area contributed by atoms with Crippen LogP contribution in [-0.2, 0) is 0 Å². The number of carbonyl (C=O) groups is 2. The van der Waals surface area contributed by atoms with E-state index >= 15 is 0 Å². The quantitative estimate of drug-likeness (QED) is 0.380. The summed E-state index contributed by atoms with van der Waals surface area (Å²) in [5.74, 6) is -0.422. The molecule has 4 rings (SSSR count). The highest BCUT2D eigenvalue weighted by Gasteiger charge is 2.24. The van der Waals surface area contributed by atoms with Gasteiger partial charge in [-0.05, 0) is 67.2 Å². The Labute approximate surface area is 230 Å². The van der Waals surface area contributed by atoms with E-state index in [-0.39, 0.29) is 21.6 Å². The third-order valence-corrected chi connectivity index (χ3v) is 6.96. The van der Waals surface area contributed by atoms with Gasteiger partial charge in [0.2, 0.25) is 0 Å². The molecule has 0 aliphatic carbocycles. The summed E-state index contributed by atoms with van der Waals surface area (Å²) in [6.45, 7) is 4.48. The van der Waals surface area contributed by atoms with E-state index in [0.717, 1.165) is 16.8 Å². The minimum Gasteiger partial charge on any atom is -0.367 e. The smallest absolute Gasteiger partial charge is 0.258 e. The van der Waals surface area contributed by atoms with Crippen molar-refractivity contribution in [3.8, 4) is 0 Å². The number of thiocarbonyl (C=S) groups is 1. The predicted molar refractivity (Wildman–Crippen MR) is 151 cm³/mol. The molecule has 0 aromatic heterocycles. The number of hydrogen-bond acceptors (Lipinski definition) is 4. The van der Waals surface area contributed by atoms with Gasteiger partial charge in [-0.2, -0.15) is 0 Å². The minimum atomic E-state index is -0.471. The van der Waals surface area contributed by atoms with E-state index in [2.05, 4.69) is 15.5 Å². The van der Waals surface area contributed by atoms with Crippen molar-refractivity contribution in [2.24, 2.45) is 0 Å². The highest BCUT2D eigenvalue weighted by molar-refractivity contribution is 7.80. The number of amides is 2. The topological polar surface area (TPSA) is 64.7 Å². The molecule has 6 nitrogen and oxygen atoms in total. The summed E-state index contributed by atoms with van der Waals surface area (Å²) in [4.78, 5) is 29.4. The molecular formula is C26H23Cl3N4O2S. The van der Waals surface area contributed by atoms with E-state index in [4.69, 9.17) is 47.0 Å². The third-order valence-electron chi connectivity index (χ3n) is 5.89. The molecule has 0 radical (unpaired) electrons. The van der Waals surface area contributed by atoms with E-state index in [9.17, 15) is 9.59 Å². The fourth-order valence-corrected chi connectivity index (χ4v) is 4.87. The fourth-order valence-electron chi connectivity index (χ4n) is 3.98. The molecule has 0 saturated carbocycles. The number of aryl methyl sites for hydroxylation is 1. The molecule has 0 spiro atoms. The van der Waals surface area contributed by atoms with E-state index in [1.165, 1.54) is 6.07 Å². The summed E-state index contributed by atoms with van der Waals surface area (Å²) in [6.07, 6.45) is 0. The predicted octanol–water partition coefficient (Wildman–Crippen LogP) is 6.04. The summed E-state index contributed by atoms with van der Waals surface area (Å²) in [6, 6.07) is 17.7. The number of rotatable bonds is 4. The third kappa shape index (κ3) is 6.10. The second-order valence-corrected chi connectivity index (χ2v) is 9.95. The lowest BCUT2D eigenvalue weighted by atomic mass is 10.1. The van der Waals surface area contributed by atoms with Crippen LogP contribution in [0.4, 0.5) is 11.4 Å². The molecule has 0 atom stereocenters. The largest absolute Gasteiger partial charge is 0.367 e. The van der Waals surface area contributed by atoms with Crippen LogP contribution < -0.4 is 15.5 Å². The van der Waals surface area contributed by atoms with Gasteiger partial charge in [-0.25, -0.2) is 0 Å². The zero-order valence-corrected chi connectivity index (χ0v) is 22.4. The Kier molecular flexibility index (Phi) is 8.36. The molecule has 2 amide bonds. The number of anilines is 2. The molecule has 2 N–H and O–H groups in total. The van der Waals surface area contributed by atoms with Gasteiger partial charge in [0.1, 0.15) is 0 Å². The van der Waals surface area contributed by atoms with Crippen molar-refractivity contribution in [2.75, 3.05) is 36.4 Å². The molecule has 0 unspecified atom stereocenters. The van der Waals surface area contributed by atoms with E-state index in [1.807, 2.05) is 48.2 Å². The lowest BCUT2D eigenvalue weighted by Crippen LogP contribution is -2.49. The Morgan fingerprint density at radius 1 is 0.861 bits per heavy atom. The molecule has 3 aromatic carbocycles. The summed E-state index contributed by atoms with van der Waals surface area (Å²) in [5, 5.41) is 6.85. The first-order valence-corrected chi connectivity index (χ1v) is 12.7. The van der Waals surface area contributed by atoms with Gasteiger partial charge < -0.3 is 15.1 Å². The second-order valence-electron chi connectivity index (χ2n) is 8.29. The first kappa shape index (κ1) is 26.2. The van der Waals surface area contributed by atoms with Crippen LogP contribution >= 0.6 is 47.0 Å². The average Bonchev–Trinajstić information content (AvgIpc) is 2.85. The van der Waals surface area contributed by atoms with Gasteiger partial charge in [0.05, 0.1) is 21.3 Å². The molecule has 1 aliphatic rings. The zero-order chi connectivity index (χ0) is 25.8. The average molecular weight is 562 g/mol. The maximum Gasteiger partial charge on any atom is 0.258 e. The molecule has 10 heteroatoms. The number of hydrogen-bond donors (Lipinski definition) is 2. The number of piperazine rings is 1. The molecule has 1 aliphatic heterocycles. The van der Waals surface area contributed by atoms with Crippen LogP contribution in [0.15, 0.2) is 60.7 Å². The molecular weight excluding hydrogens is 539 g/mol. The lowest BCUT2D eigenvalue weighted by Gasteiger charge is -2.36. The van der Waals surface area contributed by atoms with Gasteiger partial charge in [-0.15, -0.1) is 0 Å².